The van der Waals surface area contributed by atoms with Gasteiger partial charge in [-0.15, -0.1) is 5.54 Å². The topological polar surface area (TPSA) is 26.3 Å². The maximum absolute atomic E-state index is 10.9. The van der Waals surface area contributed by atoms with Crippen LogP contribution in [0.15, 0.2) is 0 Å². The van der Waals surface area contributed by atoms with Crippen molar-refractivity contribution in [1.29, 1.82) is 0 Å². The van der Waals surface area contributed by atoms with Crippen LogP contribution in [0.3, 0.4) is 0 Å². The molecule has 0 fully saturated rings. The maximum Gasteiger partial charge on any atom is 0.303 e. The molecule has 0 aromatic rings. The second-order valence-electron chi connectivity index (χ2n) is 4.76. The molecule has 0 radical (unpaired) electrons. The summed E-state index contributed by atoms with van der Waals surface area (Å²) in [6, 6.07) is 0. The zero-order valence-electron chi connectivity index (χ0n) is 10.5. The molecular weight excluding hydrogens is 204 g/mol. The van der Waals surface area contributed by atoms with Crippen molar-refractivity contribution in [3.63, 3.8) is 0 Å². The first kappa shape index (κ1) is 14.2. The third kappa shape index (κ3) is 9.55. The highest BCUT2D eigenvalue weighted by Crippen LogP contribution is 2.05. The highest BCUT2D eigenvalue weighted by atomic mass is 28.3. The van der Waals surface area contributed by atoms with Gasteiger partial charge in [0.1, 0.15) is 8.07 Å². The molecule has 0 saturated carbocycles. The Morgan fingerprint density at radius 1 is 1.40 bits per heavy atom. The molecule has 0 N–H and O–H groups in total. The lowest BCUT2D eigenvalue weighted by molar-refractivity contribution is -0.144. The summed E-state index contributed by atoms with van der Waals surface area (Å²) in [6.45, 7) is 10.1. The summed E-state index contributed by atoms with van der Waals surface area (Å²) in [5.74, 6) is 2.86. The van der Waals surface area contributed by atoms with Gasteiger partial charge in [0, 0.05) is 6.92 Å². The Morgan fingerprint density at radius 3 is 2.40 bits per heavy atom. The van der Waals surface area contributed by atoms with Crippen molar-refractivity contribution < 1.29 is 9.53 Å². The quantitative estimate of drug-likeness (QED) is 0.418. The van der Waals surface area contributed by atoms with Gasteiger partial charge >= 0.3 is 5.97 Å². The SMILES string of the molecule is CCCC[C@H](C#C[Si](C)(C)C)OC(C)=O. The van der Waals surface area contributed by atoms with Gasteiger partial charge in [-0.25, -0.2) is 0 Å². The number of esters is 1. The molecule has 0 aliphatic carbocycles. The van der Waals surface area contributed by atoms with Crippen LogP contribution in [0.1, 0.15) is 33.1 Å². The van der Waals surface area contributed by atoms with Crippen molar-refractivity contribution in [2.75, 3.05) is 0 Å². The molecule has 2 nitrogen and oxygen atoms in total. The Morgan fingerprint density at radius 2 is 2.00 bits per heavy atom. The first-order valence-electron chi connectivity index (χ1n) is 5.55. The van der Waals surface area contributed by atoms with Crippen molar-refractivity contribution >= 4 is 14.0 Å². The predicted molar refractivity (Wildman–Crippen MR) is 66.2 cm³/mol. The maximum atomic E-state index is 10.9. The number of ether oxygens (including phenoxy) is 1. The van der Waals surface area contributed by atoms with E-state index in [-0.39, 0.29) is 12.1 Å². The smallest absolute Gasteiger partial charge is 0.303 e. The van der Waals surface area contributed by atoms with Gasteiger partial charge in [0.15, 0.2) is 6.10 Å². The van der Waals surface area contributed by atoms with Gasteiger partial charge in [-0.05, 0) is 12.8 Å². The van der Waals surface area contributed by atoms with Crippen LogP contribution in [0.2, 0.25) is 19.6 Å². The van der Waals surface area contributed by atoms with Crippen LogP contribution >= 0.6 is 0 Å². The molecule has 0 aliphatic heterocycles. The second-order valence-corrected chi connectivity index (χ2v) is 9.51. The molecule has 0 unspecified atom stereocenters. The summed E-state index contributed by atoms with van der Waals surface area (Å²) in [5.41, 5.74) is 3.25. The van der Waals surface area contributed by atoms with E-state index in [1.54, 1.807) is 0 Å². The highest BCUT2D eigenvalue weighted by Gasteiger charge is 2.11. The number of carbonyl (C=O) groups is 1. The lowest BCUT2D eigenvalue weighted by Gasteiger charge is -2.11. The summed E-state index contributed by atoms with van der Waals surface area (Å²) < 4.78 is 5.16. The minimum Gasteiger partial charge on any atom is -0.449 e. The summed E-state index contributed by atoms with van der Waals surface area (Å²) >= 11 is 0. The summed E-state index contributed by atoms with van der Waals surface area (Å²) in [5, 5.41) is 0. The number of carbonyl (C=O) groups excluding carboxylic acids is 1. The van der Waals surface area contributed by atoms with Crippen molar-refractivity contribution in [2.24, 2.45) is 0 Å². The van der Waals surface area contributed by atoms with E-state index >= 15 is 0 Å². The minimum absolute atomic E-state index is 0.200. The largest absolute Gasteiger partial charge is 0.449 e. The van der Waals surface area contributed by atoms with E-state index in [2.05, 4.69) is 38.0 Å². The molecule has 0 amide bonds. The van der Waals surface area contributed by atoms with Crippen LogP contribution in [0.5, 0.6) is 0 Å². The van der Waals surface area contributed by atoms with Crippen molar-refractivity contribution in [3.8, 4) is 11.5 Å². The molecule has 1 atom stereocenters. The molecule has 0 aliphatic rings. The van der Waals surface area contributed by atoms with Gasteiger partial charge in [-0.2, -0.15) is 0 Å². The van der Waals surface area contributed by atoms with E-state index in [4.69, 9.17) is 4.74 Å². The van der Waals surface area contributed by atoms with Gasteiger partial charge < -0.3 is 4.74 Å². The molecular formula is C12H22O2Si. The molecule has 86 valence electrons. The van der Waals surface area contributed by atoms with Crippen molar-refractivity contribution in [1.82, 2.24) is 0 Å². The molecule has 0 spiro atoms. The van der Waals surface area contributed by atoms with E-state index in [0.29, 0.717) is 0 Å². The van der Waals surface area contributed by atoms with Crippen LogP contribution in [-0.4, -0.2) is 20.1 Å². The van der Waals surface area contributed by atoms with Crippen molar-refractivity contribution in [2.45, 2.75) is 58.9 Å². The summed E-state index contributed by atoms with van der Waals surface area (Å²) in [4.78, 5) is 10.9. The molecule has 0 aromatic heterocycles. The Kier molecular flexibility index (Phi) is 6.34. The van der Waals surface area contributed by atoms with Crippen LogP contribution in [0.25, 0.3) is 0 Å². The van der Waals surface area contributed by atoms with Gasteiger partial charge in [0.05, 0.1) is 0 Å². The van der Waals surface area contributed by atoms with E-state index < -0.39 is 8.07 Å². The lowest BCUT2D eigenvalue weighted by atomic mass is 10.2. The third-order valence-corrected chi connectivity index (χ3v) is 2.63. The monoisotopic (exact) mass is 226 g/mol. The average Bonchev–Trinajstić information content (AvgIpc) is 2.07. The molecule has 0 aromatic carbocycles. The number of hydrogen-bond donors (Lipinski definition) is 0. The van der Waals surface area contributed by atoms with Crippen molar-refractivity contribution in [3.05, 3.63) is 0 Å². The van der Waals surface area contributed by atoms with Gasteiger partial charge in [-0.1, -0.05) is 38.9 Å². The van der Waals surface area contributed by atoms with Crippen LogP contribution in [0.4, 0.5) is 0 Å². The van der Waals surface area contributed by atoms with E-state index in [1.807, 2.05) is 0 Å². The molecule has 15 heavy (non-hydrogen) atoms. The first-order valence-corrected chi connectivity index (χ1v) is 9.05. The Bertz CT molecular complexity index is 255. The van der Waals surface area contributed by atoms with Crippen LogP contribution in [-0.2, 0) is 9.53 Å². The van der Waals surface area contributed by atoms with E-state index in [1.165, 1.54) is 6.92 Å². The molecule has 3 heteroatoms. The van der Waals surface area contributed by atoms with E-state index in [0.717, 1.165) is 19.3 Å². The second kappa shape index (κ2) is 6.68. The molecule has 0 heterocycles. The number of rotatable bonds is 4. The normalized spacial score (nSPS) is 12.6. The van der Waals surface area contributed by atoms with Crippen LogP contribution < -0.4 is 0 Å². The fraction of sp³-hybridized carbons (Fsp3) is 0.750. The standard InChI is InChI=1S/C12H22O2Si/c1-6-7-8-12(14-11(2)13)9-10-15(3,4)5/h12H,6-8H2,1-5H3/t12-/m1/s1. The summed E-state index contributed by atoms with van der Waals surface area (Å²) in [6.07, 6.45) is 2.81. The first-order chi connectivity index (χ1) is 6.85. The fourth-order valence-corrected chi connectivity index (χ4v) is 1.64. The fourth-order valence-electron chi connectivity index (χ4n) is 1.05. The zero-order chi connectivity index (χ0) is 11.9. The molecule has 0 bridgehead atoms. The number of unbranched alkanes of at least 4 members (excludes halogenated alkanes) is 1. The van der Waals surface area contributed by atoms with Crippen LogP contribution in [0, 0.1) is 11.5 Å². The minimum atomic E-state index is -1.36. The number of hydrogen-bond acceptors (Lipinski definition) is 2. The molecule has 0 saturated heterocycles. The van der Waals surface area contributed by atoms with Gasteiger partial charge in [0.25, 0.3) is 0 Å². The molecule has 0 rings (SSSR count). The highest BCUT2D eigenvalue weighted by molar-refractivity contribution is 6.83. The Balaban J connectivity index is 4.33. The van der Waals surface area contributed by atoms with Gasteiger partial charge in [-0.3, -0.25) is 4.79 Å². The predicted octanol–water partition coefficient (Wildman–Crippen LogP) is 2.99. The third-order valence-electron chi connectivity index (χ3n) is 1.74. The van der Waals surface area contributed by atoms with Gasteiger partial charge in [0.2, 0.25) is 0 Å². The lowest BCUT2D eigenvalue weighted by Crippen LogP contribution is -2.20. The average molecular weight is 226 g/mol. The zero-order valence-corrected chi connectivity index (χ0v) is 11.5. The summed E-state index contributed by atoms with van der Waals surface area (Å²) in [7, 11) is -1.36. The Labute approximate surface area is 94.4 Å². The van der Waals surface area contributed by atoms with E-state index in [9.17, 15) is 4.79 Å². The Hall–Kier alpha value is -0.753.